The lowest BCUT2D eigenvalue weighted by Crippen LogP contribution is -2.48. The second-order valence-corrected chi connectivity index (χ2v) is 6.15. The lowest BCUT2D eigenvalue weighted by atomic mass is 9.85. The van der Waals surface area contributed by atoms with E-state index < -0.39 is 5.97 Å². The van der Waals surface area contributed by atoms with Crippen LogP contribution in [0, 0.1) is 11.8 Å². The standard InChI is InChI=1S/C15H26N2O3/c1-2-16(11-13-4-3-5-13)15(20)17-8-6-12(7-9-17)10-14(18)19/h12-13H,2-11H2,1H3,(H,18,19). The zero-order valence-corrected chi connectivity index (χ0v) is 12.4. The first-order valence-corrected chi connectivity index (χ1v) is 7.85. The number of aliphatic carboxylic acids is 1. The largest absolute Gasteiger partial charge is 0.481 e. The van der Waals surface area contributed by atoms with Crippen LogP contribution >= 0.6 is 0 Å². The maximum Gasteiger partial charge on any atom is 0.319 e. The maximum absolute atomic E-state index is 12.5. The Balaban J connectivity index is 1.78. The number of hydrogen-bond donors (Lipinski definition) is 1. The number of rotatable bonds is 5. The topological polar surface area (TPSA) is 60.9 Å². The molecule has 0 aromatic carbocycles. The minimum Gasteiger partial charge on any atom is -0.481 e. The molecule has 0 aromatic rings. The summed E-state index contributed by atoms with van der Waals surface area (Å²) in [5.41, 5.74) is 0. The van der Waals surface area contributed by atoms with Crippen LogP contribution in [0.25, 0.3) is 0 Å². The smallest absolute Gasteiger partial charge is 0.319 e. The van der Waals surface area contributed by atoms with E-state index in [-0.39, 0.29) is 18.4 Å². The molecule has 1 saturated heterocycles. The summed E-state index contributed by atoms with van der Waals surface area (Å²) in [6, 6.07) is 0.146. The normalized spacial score (nSPS) is 20.6. The summed E-state index contributed by atoms with van der Waals surface area (Å²) in [5.74, 6) is 0.205. The zero-order valence-electron chi connectivity index (χ0n) is 12.4. The molecule has 1 aliphatic heterocycles. The first-order chi connectivity index (χ1) is 9.60. The highest BCUT2D eigenvalue weighted by Gasteiger charge is 2.29. The number of urea groups is 1. The number of likely N-dealkylation sites (tertiary alicyclic amines) is 1. The monoisotopic (exact) mass is 282 g/mol. The van der Waals surface area contributed by atoms with Crippen molar-refractivity contribution in [2.75, 3.05) is 26.2 Å². The number of piperidine rings is 1. The Kier molecular flexibility index (Phi) is 5.26. The Morgan fingerprint density at radius 1 is 1.15 bits per heavy atom. The van der Waals surface area contributed by atoms with Gasteiger partial charge >= 0.3 is 12.0 Å². The molecule has 0 atom stereocenters. The molecular formula is C15H26N2O3. The van der Waals surface area contributed by atoms with E-state index in [1.54, 1.807) is 0 Å². The fourth-order valence-electron chi connectivity index (χ4n) is 3.10. The lowest BCUT2D eigenvalue weighted by Gasteiger charge is -2.38. The molecule has 2 amide bonds. The summed E-state index contributed by atoms with van der Waals surface area (Å²) < 4.78 is 0. The number of carbonyl (C=O) groups is 2. The summed E-state index contributed by atoms with van der Waals surface area (Å²) in [4.78, 5) is 27.0. The first-order valence-electron chi connectivity index (χ1n) is 7.85. The van der Waals surface area contributed by atoms with Crippen LogP contribution in [-0.2, 0) is 4.79 Å². The maximum atomic E-state index is 12.5. The van der Waals surface area contributed by atoms with E-state index in [0.29, 0.717) is 19.0 Å². The molecule has 20 heavy (non-hydrogen) atoms. The summed E-state index contributed by atoms with van der Waals surface area (Å²) in [6.45, 7) is 5.11. The zero-order chi connectivity index (χ0) is 14.5. The second kappa shape index (κ2) is 6.95. The Morgan fingerprint density at radius 3 is 2.25 bits per heavy atom. The molecule has 0 bridgehead atoms. The van der Waals surface area contributed by atoms with Gasteiger partial charge in [-0.1, -0.05) is 6.42 Å². The van der Waals surface area contributed by atoms with Gasteiger partial charge in [0.25, 0.3) is 0 Å². The average Bonchev–Trinajstić information content (AvgIpc) is 2.37. The third-order valence-corrected chi connectivity index (χ3v) is 4.70. The third-order valence-electron chi connectivity index (χ3n) is 4.70. The van der Waals surface area contributed by atoms with Crippen molar-refractivity contribution in [3.63, 3.8) is 0 Å². The molecular weight excluding hydrogens is 256 g/mol. The highest BCUT2D eigenvalue weighted by atomic mass is 16.4. The average molecular weight is 282 g/mol. The molecule has 0 aromatic heterocycles. The van der Waals surface area contributed by atoms with Crippen LogP contribution in [0.5, 0.6) is 0 Å². The van der Waals surface area contributed by atoms with Crippen LogP contribution in [0.4, 0.5) is 4.79 Å². The molecule has 114 valence electrons. The quantitative estimate of drug-likeness (QED) is 0.842. The molecule has 1 saturated carbocycles. The van der Waals surface area contributed by atoms with Crippen LogP contribution in [-0.4, -0.2) is 53.1 Å². The van der Waals surface area contributed by atoms with Crippen molar-refractivity contribution >= 4 is 12.0 Å². The highest BCUT2D eigenvalue weighted by Crippen LogP contribution is 2.28. The molecule has 1 N–H and O–H groups in total. The van der Waals surface area contributed by atoms with Crippen molar-refractivity contribution < 1.29 is 14.7 Å². The SMILES string of the molecule is CCN(CC1CCC1)C(=O)N1CCC(CC(=O)O)CC1. The van der Waals surface area contributed by atoms with Crippen molar-refractivity contribution in [2.24, 2.45) is 11.8 Å². The van der Waals surface area contributed by atoms with E-state index in [1.807, 2.05) is 16.7 Å². The van der Waals surface area contributed by atoms with Crippen molar-refractivity contribution in [3.8, 4) is 0 Å². The Labute approximate surface area is 120 Å². The molecule has 0 unspecified atom stereocenters. The number of nitrogens with zero attached hydrogens (tertiary/aromatic N) is 2. The van der Waals surface area contributed by atoms with Crippen molar-refractivity contribution in [1.82, 2.24) is 9.80 Å². The number of amides is 2. The Morgan fingerprint density at radius 2 is 1.80 bits per heavy atom. The van der Waals surface area contributed by atoms with Gasteiger partial charge < -0.3 is 14.9 Å². The van der Waals surface area contributed by atoms with E-state index in [0.717, 1.165) is 25.9 Å². The second-order valence-electron chi connectivity index (χ2n) is 6.15. The van der Waals surface area contributed by atoms with E-state index >= 15 is 0 Å². The van der Waals surface area contributed by atoms with Gasteiger partial charge in [0.05, 0.1) is 0 Å². The van der Waals surface area contributed by atoms with Crippen molar-refractivity contribution in [3.05, 3.63) is 0 Å². The van der Waals surface area contributed by atoms with Gasteiger partial charge in [0.1, 0.15) is 0 Å². The molecule has 1 aliphatic carbocycles. The summed E-state index contributed by atoms with van der Waals surface area (Å²) >= 11 is 0. The Hall–Kier alpha value is -1.26. The van der Waals surface area contributed by atoms with Gasteiger partial charge in [-0.3, -0.25) is 4.79 Å². The van der Waals surface area contributed by atoms with Gasteiger partial charge in [-0.15, -0.1) is 0 Å². The minimum absolute atomic E-state index is 0.146. The fraction of sp³-hybridized carbons (Fsp3) is 0.867. The molecule has 2 rings (SSSR count). The minimum atomic E-state index is -0.727. The molecule has 5 nitrogen and oxygen atoms in total. The summed E-state index contributed by atoms with van der Waals surface area (Å²) in [7, 11) is 0. The number of carbonyl (C=O) groups excluding carboxylic acids is 1. The molecule has 0 radical (unpaired) electrons. The Bertz CT molecular complexity index is 347. The van der Waals surface area contributed by atoms with Crippen LogP contribution in [0.2, 0.25) is 0 Å². The van der Waals surface area contributed by atoms with Crippen LogP contribution in [0.15, 0.2) is 0 Å². The number of carboxylic acids is 1. The van der Waals surface area contributed by atoms with E-state index in [9.17, 15) is 9.59 Å². The summed E-state index contributed by atoms with van der Waals surface area (Å²) in [5, 5.41) is 8.81. The van der Waals surface area contributed by atoms with Gasteiger partial charge in [0, 0.05) is 32.6 Å². The van der Waals surface area contributed by atoms with Crippen LogP contribution in [0.1, 0.15) is 45.4 Å². The van der Waals surface area contributed by atoms with E-state index in [4.69, 9.17) is 5.11 Å². The van der Waals surface area contributed by atoms with Gasteiger partial charge in [0.2, 0.25) is 0 Å². The number of hydrogen-bond acceptors (Lipinski definition) is 2. The molecule has 5 heteroatoms. The lowest BCUT2D eigenvalue weighted by molar-refractivity contribution is -0.138. The van der Waals surface area contributed by atoms with Crippen LogP contribution < -0.4 is 0 Å². The molecule has 2 aliphatic rings. The number of carboxylic acid groups (broad SMARTS) is 1. The fourth-order valence-corrected chi connectivity index (χ4v) is 3.10. The van der Waals surface area contributed by atoms with Crippen molar-refractivity contribution in [1.29, 1.82) is 0 Å². The molecule has 0 spiro atoms. The summed E-state index contributed by atoms with van der Waals surface area (Å²) in [6.07, 6.45) is 5.69. The first kappa shape index (κ1) is 15.1. The van der Waals surface area contributed by atoms with Gasteiger partial charge in [-0.05, 0) is 44.4 Å². The highest BCUT2D eigenvalue weighted by molar-refractivity contribution is 5.74. The van der Waals surface area contributed by atoms with Crippen molar-refractivity contribution in [2.45, 2.75) is 45.4 Å². The van der Waals surface area contributed by atoms with Gasteiger partial charge in [-0.25, -0.2) is 4.79 Å². The predicted molar refractivity (Wildman–Crippen MR) is 76.5 cm³/mol. The molecule has 1 heterocycles. The molecule has 2 fully saturated rings. The predicted octanol–water partition coefficient (Wildman–Crippen LogP) is 2.42. The van der Waals surface area contributed by atoms with Crippen LogP contribution in [0.3, 0.4) is 0 Å². The third kappa shape index (κ3) is 3.87. The van der Waals surface area contributed by atoms with E-state index in [1.165, 1.54) is 19.3 Å². The van der Waals surface area contributed by atoms with E-state index in [2.05, 4.69) is 0 Å². The van der Waals surface area contributed by atoms with Gasteiger partial charge in [0.15, 0.2) is 0 Å². The van der Waals surface area contributed by atoms with Gasteiger partial charge in [-0.2, -0.15) is 0 Å².